The van der Waals surface area contributed by atoms with Gasteiger partial charge in [0.1, 0.15) is 4.90 Å². The average Bonchev–Trinajstić information content (AvgIpc) is 2.61. The van der Waals surface area contributed by atoms with Crippen molar-refractivity contribution in [3.63, 3.8) is 0 Å². The van der Waals surface area contributed by atoms with Gasteiger partial charge in [-0.25, -0.2) is 0 Å². The zero-order chi connectivity index (χ0) is 19.8. The van der Waals surface area contributed by atoms with Gasteiger partial charge in [0, 0.05) is 5.39 Å². The summed E-state index contributed by atoms with van der Waals surface area (Å²) in [6.07, 6.45) is 0. The minimum atomic E-state index is -4.38. The molecule has 0 fully saturated rings. The summed E-state index contributed by atoms with van der Waals surface area (Å²) >= 11 is 0. The van der Waals surface area contributed by atoms with Crippen LogP contribution < -0.4 is 4.18 Å². The van der Waals surface area contributed by atoms with E-state index in [4.69, 9.17) is 4.18 Å². The molecule has 0 aliphatic rings. The summed E-state index contributed by atoms with van der Waals surface area (Å²) in [6.45, 7) is 1.77. The van der Waals surface area contributed by atoms with Gasteiger partial charge in [0.25, 0.3) is 5.69 Å². The van der Waals surface area contributed by atoms with Crippen LogP contribution in [0.2, 0.25) is 0 Å². The molecule has 0 radical (unpaired) electrons. The molecule has 0 unspecified atom stereocenters. The lowest BCUT2D eigenvalue weighted by Gasteiger charge is -2.10. The van der Waals surface area contributed by atoms with Gasteiger partial charge in [-0.05, 0) is 25.1 Å². The largest absolute Gasteiger partial charge is 0.371 e. The Balaban J connectivity index is 2.26. The predicted octanol–water partition coefficient (Wildman–Crippen LogP) is 3.73. The first-order valence-electron chi connectivity index (χ1n) is 7.56. The monoisotopic (exact) mass is 388 g/mol. The van der Waals surface area contributed by atoms with Crippen molar-refractivity contribution in [1.82, 2.24) is 0 Å². The summed E-state index contributed by atoms with van der Waals surface area (Å²) in [5.74, 6) is -0.568. The maximum atomic E-state index is 12.6. The first kappa shape index (κ1) is 18.3. The van der Waals surface area contributed by atoms with Gasteiger partial charge in [-0.15, -0.1) is 0 Å². The number of rotatable bonds is 5. The second-order valence-corrected chi connectivity index (χ2v) is 7.20. The molecule has 138 valence electrons. The van der Waals surface area contributed by atoms with E-state index in [1.165, 1.54) is 36.4 Å². The van der Waals surface area contributed by atoms with Crippen molar-refractivity contribution in [2.75, 3.05) is 0 Å². The molecule has 3 rings (SSSR count). The Morgan fingerprint density at radius 2 is 1.41 bits per heavy atom. The van der Waals surface area contributed by atoms with Gasteiger partial charge < -0.3 is 4.18 Å². The zero-order valence-corrected chi connectivity index (χ0v) is 14.7. The van der Waals surface area contributed by atoms with Crippen LogP contribution in [0.25, 0.3) is 10.8 Å². The molecule has 0 aliphatic carbocycles. The summed E-state index contributed by atoms with van der Waals surface area (Å²) in [7, 11) is -4.38. The zero-order valence-electron chi connectivity index (χ0n) is 13.9. The van der Waals surface area contributed by atoms with Gasteiger partial charge in [-0.1, -0.05) is 35.9 Å². The lowest BCUT2D eigenvalue weighted by atomic mass is 10.1. The highest BCUT2D eigenvalue weighted by Crippen LogP contribution is 2.42. The van der Waals surface area contributed by atoms with Crippen LogP contribution in [0.3, 0.4) is 0 Å². The highest BCUT2D eigenvalue weighted by atomic mass is 32.2. The van der Waals surface area contributed by atoms with E-state index in [1.807, 2.05) is 0 Å². The Bertz CT molecular complexity index is 1170. The van der Waals surface area contributed by atoms with Gasteiger partial charge in [-0.3, -0.25) is 20.2 Å². The fourth-order valence-electron chi connectivity index (χ4n) is 2.55. The van der Waals surface area contributed by atoms with Crippen molar-refractivity contribution in [3.05, 3.63) is 80.4 Å². The number of fused-ring (bicyclic) bond motifs is 1. The van der Waals surface area contributed by atoms with E-state index in [-0.39, 0.29) is 15.7 Å². The van der Waals surface area contributed by atoms with E-state index in [1.54, 1.807) is 19.1 Å². The van der Waals surface area contributed by atoms with Crippen LogP contribution in [-0.4, -0.2) is 18.3 Å². The van der Waals surface area contributed by atoms with Crippen LogP contribution in [0, 0.1) is 27.2 Å². The van der Waals surface area contributed by atoms with Crippen LogP contribution in [0.4, 0.5) is 11.4 Å². The number of nitro benzene ring substituents is 2. The SMILES string of the molecule is Cc1ccc(S(=O)(=O)Oc2c([N+](=O)[O-])cc([N+](=O)[O-])c3ccccc23)cc1. The van der Waals surface area contributed by atoms with E-state index >= 15 is 0 Å². The highest BCUT2D eigenvalue weighted by Gasteiger charge is 2.30. The maximum absolute atomic E-state index is 12.6. The van der Waals surface area contributed by atoms with Gasteiger partial charge >= 0.3 is 15.8 Å². The molecular formula is C17H12N2O7S. The molecule has 0 amide bonds. The molecule has 0 heterocycles. The number of hydrogen-bond donors (Lipinski definition) is 0. The third-order valence-electron chi connectivity index (χ3n) is 3.85. The second kappa shape index (κ2) is 6.65. The third-order valence-corrected chi connectivity index (χ3v) is 5.09. The third kappa shape index (κ3) is 3.42. The Morgan fingerprint density at radius 3 is 1.96 bits per heavy atom. The Hall–Kier alpha value is -3.53. The molecule has 3 aromatic rings. The van der Waals surface area contributed by atoms with Gasteiger partial charge in [0.05, 0.1) is 21.3 Å². The number of nitrogens with zero attached hydrogens (tertiary/aromatic N) is 2. The van der Waals surface area contributed by atoms with Crippen molar-refractivity contribution >= 4 is 32.3 Å². The number of nitro groups is 2. The fraction of sp³-hybridized carbons (Fsp3) is 0.0588. The molecule has 0 N–H and O–H groups in total. The molecular weight excluding hydrogens is 376 g/mol. The molecule has 0 bridgehead atoms. The first-order valence-corrected chi connectivity index (χ1v) is 8.97. The number of benzene rings is 3. The van der Waals surface area contributed by atoms with Gasteiger partial charge in [0.2, 0.25) is 5.75 Å². The molecule has 0 aromatic heterocycles. The predicted molar refractivity (Wildman–Crippen MR) is 96.2 cm³/mol. The quantitative estimate of drug-likeness (QED) is 0.370. The van der Waals surface area contributed by atoms with Crippen LogP contribution in [0.1, 0.15) is 5.56 Å². The van der Waals surface area contributed by atoms with Crippen LogP contribution in [-0.2, 0) is 10.1 Å². The summed E-state index contributed by atoms with van der Waals surface area (Å²) in [6, 6.07) is 12.1. The lowest BCUT2D eigenvalue weighted by molar-refractivity contribution is -0.393. The maximum Gasteiger partial charge on any atom is 0.339 e. The van der Waals surface area contributed by atoms with Gasteiger partial charge in [-0.2, -0.15) is 8.42 Å². The molecule has 0 atom stereocenters. The fourth-order valence-corrected chi connectivity index (χ4v) is 3.51. The van der Waals surface area contributed by atoms with Crippen LogP contribution in [0.15, 0.2) is 59.5 Å². The van der Waals surface area contributed by atoms with E-state index in [2.05, 4.69) is 0 Å². The summed E-state index contributed by atoms with van der Waals surface area (Å²) in [5, 5.41) is 22.7. The Kier molecular flexibility index (Phi) is 4.50. The van der Waals surface area contributed by atoms with Crippen molar-refractivity contribution in [3.8, 4) is 5.75 Å². The second-order valence-electron chi connectivity index (χ2n) is 5.65. The van der Waals surface area contributed by atoms with Crippen molar-refractivity contribution in [2.45, 2.75) is 11.8 Å². The van der Waals surface area contributed by atoms with Crippen molar-refractivity contribution in [2.24, 2.45) is 0 Å². The van der Waals surface area contributed by atoms with Crippen LogP contribution >= 0.6 is 0 Å². The molecule has 27 heavy (non-hydrogen) atoms. The average molecular weight is 388 g/mol. The van der Waals surface area contributed by atoms with E-state index < -0.39 is 37.1 Å². The Morgan fingerprint density at radius 1 is 0.852 bits per heavy atom. The van der Waals surface area contributed by atoms with Crippen molar-refractivity contribution in [1.29, 1.82) is 0 Å². The summed E-state index contributed by atoms with van der Waals surface area (Å²) < 4.78 is 30.2. The van der Waals surface area contributed by atoms with E-state index in [9.17, 15) is 28.6 Å². The number of non-ortho nitro benzene ring substituents is 1. The van der Waals surface area contributed by atoms with E-state index in [0.717, 1.165) is 5.56 Å². The molecule has 0 saturated heterocycles. The molecule has 0 aliphatic heterocycles. The van der Waals surface area contributed by atoms with E-state index in [0.29, 0.717) is 6.07 Å². The standard InChI is InChI=1S/C17H12N2O7S/c1-11-6-8-12(9-7-11)27(24,25)26-17-14-5-3-2-4-13(14)15(18(20)21)10-16(17)19(22)23/h2-10H,1H3. The molecule has 10 heteroatoms. The molecule has 0 spiro atoms. The molecule has 9 nitrogen and oxygen atoms in total. The molecule has 0 saturated carbocycles. The van der Waals surface area contributed by atoms with Crippen LogP contribution in [0.5, 0.6) is 5.75 Å². The highest BCUT2D eigenvalue weighted by molar-refractivity contribution is 7.87. The lowest BCUT2D eigenvalue weighted by Crippen LogP contribution is -2.11. The summed E-state index contributed by atoms with van der Waals surface area (Å²) in [5.41, 5.74) is -0.505. The normalized spacial score (nSPS) is 11.3. The number of aryl methyl sites for hydroxylation is 1. The number of hydrogen-bond acceptors (Lipinski definition) is 7. The Labute approximate surface area is 153 Å². The van der Waals surface area contributed by atoms with Gasteiger partial charge in [0.15, 0.2) is 0 Å². The minimum absolute atomic E-state index is 0.0298. The first-order chi connectivity index (χ1) is 12.7. The minimum Gasteiger partial charge on any atom is -0.371 e. The van der Waals surface area contributed by atoms with Crippen molar-refractivity contribution < 1.29 is 22.4 Å². The topological polar surface area (TPSA) is 130 Å². The smallest absolute Gasteiger partial charge is 0.339 e. The molecule has 3 aromatic carbocycles. The summed E-state index contributed by atoms with van der Waals surface area (Å²) in [4.78, 5) is 20.8.